The van der Waals surface area contributed by atoms with E-state index in [1.807, 2.05) is 0 Å². The van der Waals surface area contributed by atoms with E-state index in [0.717, 1.165) is 5.56 Å². The lowest BCUT2D eigenvalue weighted by Gasteiger charge is -2.41. The molecule has 0 aromatic heterocycles. The molecule has 1 saturated carbocycles. The lowest BCUT2D eigenvalue weighted by atomic mass is 9.86. The van der Waals surface area contributed by atoms with E-state index in [9.17, 15) is 5.11 Å². The summed E-state index contributed by atoms with van der Waals surface area (Å²) in [5, 5.41) is 12.2. The molecule has 0 atom stereocenters. The van der Waals surface area contributed by atoms with Crippen molar-refractivity contribution in [3.63, 3.8) is 0 Å². The van der Waals surface area contributed by atoms with Gasteiger partial charge < -0.3 is 9.67 Å². The maximum absolute atomic E-state index is 11.0. The SMILES string of the molecule is CN(C1CCCCCCC1)[Si](C)(C)c1cccc(C(C)(C)C)c1O. The van der Waals surface area contributed by atoms with E-state index in [-0.39, 0.29) is 5.41 Å². The van der Waals surface area contributed by atoms with Crippen LogP contribution in [0.5, 0.6) is 5.75 Å². The Bertz CT molecular complexity index is 539. The number of aromatic hydroxyl groups is 1. The summed E-state index contributed by atoms with van der Waals surface area (Å²) in [6.07, 6.45) is 9.51. The van der Waals surface area contributed by atoms with Gasteiger partial charge in [0.05, 0.1) is 0 Å². The second-order valence-electron chi connectivity index (χ2n) is 9.12. The Kier molecular flexibility index (Phi) is 6.19. The van der Waals surface area contributed by atoms with Crippen LogP contribution in [0, 0.1) is 0 Å². The minimum absolute atomic E-state index is 0.0244. The average Bonchev–Trinajstić information content (AvgIpc) is 2.45. The van der Waals surface area contributed by atoms with Crippen LogP contribution in [-0.2, 0) is 5.41 Å². The first-order valence-electron chi connectivity index (χ1n) is 9.71. The molecule has 1 fully saturated rings. The summed E-state index contributed by atoms with van der Waals surface area (Å²) < 4.78 is 2.65. The van der Waals surface area contributed by atoms with Gasteiger partial charge in [-0.05, 0) is 36.1 Å². The fraction of sp³-hybridized carbons (Fsp3) is 0.714. The van der Waals surface area contributed by atoms with Crippen LogP contribution < -0.4 is 5.19 Å². The standard InChI is InChI=1S/C21H37NOSi/c1-21(2,3)18-15-12-16-19(20(18)23)24(5,6)22(4)17-13-10-8-7-9-11-14-17/h12,15-17,23H,7-11,13-14H2,1-6H3. The summed E-state index contributed by atoms with van der Waals surface area (Å²) in [5.41, 5.74) is 1.05. The van der Waals surface area contributed by atoms with Gasteiger partial charge in [-0.1, -0.05) is 84.2 Å². The van der Waals surface area contributed by atoms with E-state index < -0.39 is 8.24 Å². The molecule has 3 heteroatoms. The Labute approximate surface area is 150 Å². The Hall–Kier alpha value is -0.803. The minimum Gasteiger partial charge on any atom is -0.508 e. The number of phenolic OH excluding ortho intramolecular Hbond substituents is 1. The first-order chi connectivity index (χ1) is 11.2. The molecule has 0 saturated heterocycles. The molecule has 0 spiro atoms. The number of benzene rings is 1. The molecule has 0 aliphatic heterocycles. The fourth-order valence-corrected chi connectivity index (χ4v) is 6.88. The van der Waals surface area contributed by atoms with Crippen LogP contribution in [0.1, 0.15) is 71.3 Å². The Morgan fingerprint density at radius 1 is 1.00 bits per heavy atom. The monoisotopic (exact) mass is 347 g/mol. The lowest BCUT2D eigenvalue weighted by molar-refractivity contribution is 0.298. The van der Waals surface area contributed by atoms with Crippen LogP contribution in [0.25, 0.3) is 0 Å². The highest BCUT2D eigenvalue weighted by atomic mass is 28.3. The number of rotatable bonds is 3. The van der Waals surface area contributed by atoms with Gasteiger partial charge in [-0.15, -0.1) is 0 Å². The summed E-state index contributed by atoms with van der Waals surface area (Å²) in [6, 6.07) is 7.05. The Morgan fingerprint density at radius 3 is 2.08 bits per heavy atom. The number of nitrogens with zero attached hydrogens (tertiary/aromatic N) is 1. The van der Waals surface area contributed by atoms with Crippen molar-refractivity contribution in [1.29, 1.82) is 0 Å². The molecule has 0 heterocycles. The summed E-state index contributed by atoms with van der Waals surface area (Å²) in [4.78, 5) is 0. The van der Waals surface area contributed by atoms with Gasteiger partial charge in [0.15, 0.2) is 8.24 Å². The molecule has 1 N–H and O–H groups in total. The minimum atomic E-state index is -1.88. The second-order valence-corrected chi connectivity index (χ2v) is 13.5. The van der Waals surface area contributed by atoms with E-state index in [1.54, 1.807) is 0 Å². The third-order valence-electron chi connectivity index (χ3n) is 6.01. The van der Waals surface area contributed by atoms with Crippen molar-refractivity contribution in [2.75, 3.05) is 7.05 Å². The molecule has 0 unspecified atom stereocenters. The number of hydrogen-bond donors (Lipinski definition) is 1. The number of hydrogen-bond acceptors (Lipinski definition) is 2. The lowest BCUT2D eigenvalue weighted by Crippen LogP contribution is -2.59. The molecular weight excluding hydrogens is 310 g/mol. The molecule has 136 valence electrons. The number of phenols is 1. The maximum Gasteiger partial charge on any atom is 0.158 e. The summed E-state index contributed by atoms with van der Waals surface area (Å²) in [7, 11) is 0.427. The molecular formula is C21H37NOSi. The zero-order valence-corrected chi connectivity index (χ0v) is 17.7. The quantitative estimate of drug-likeness (QED) is 0.765. The molecule has 1 aromatic rings. The van der Waals surface area contributed by atoms with Crippen LogP contribution in [0.4, 0.5) is 0 Å². The first kappa shape index (κ1) is 19.5. The normalized spacial score (nSPS) is 18.5. The van der Waals surface area contributed by atoms with Gasteiger partial charge in [-0.2, -0.15) is 0 Å². The van der Waals surface area contributed by atoms with Crippen LogP contribution in [0.3, 0.4) is 0 Å². The van der Waals surface area contributed by atoms with Crippen molar-refractivity contribution in [1.82, 2.24) is 4.57 Å². The molecule has 2 nitrogen and oxygen atoms in total. The van der Waals surface area contributed by atoms with Crippen molar-refractivity contribution in [3.8, 4) is 5.75 Å². The molecule has 2 rings (SSSR count). The van der Waals surface area contributed by atoms with Crippen LogP contribution in [0.15, 0.2) is 18.2 Å². The topological polar surface area (TPSA) is 23.5 Å². The van der Waals surface area contributed by atoms with Gasteiger partial charge in [0.1, 0.15) is 5.75 Å². The summed E-state index contributed by atoms with van der Waals surface area (Å²) in [6.45, 7) is 11.3. The Balaban J connectivity index is 2.31. The largest absolute Gasteiger partial charge is 0.508 e. The summed E-state index contributed by atoms with van der Waals surface area (Å²) >= 11 is 0. The van der Waals surface area contributed by atoms with Crippen LogP contribution >= 0.6 is 0 Å². The number of para-hydroxylation sites is 1. The first-order valence-corrected chi connectivity index (χ1v) is 12.7. The van der Waals surface area contributed by atoms with Gasteiger partial charge in [0.2, 0.25) is 0 Å². The van der Waals surface area contributed by atoms with Gasteiger partial charge >= 0.3 is 0 Å². The van der Waals surface area contributed by atoms with E-state index in [4.69, 9.17) is 0 Å². The van der Waals surface area contributed by atoms with Crippen LogP contribution in [0.2, 0.25) is 13.1 Å². The molecule has 0 bridgehead atoms. The molecule has 0 amide bonds. The Morgan fingerprint density at radius 2 is 1.54 bits per heavy atom. The highest BCUT2D eigenvalue weighted by Crippen LogP contribution is 2.32. The highest BCUT2D eigenvalue weighted by Gasteiger charge is 2.36. The van der Waals surface area contributed by atoms with Gasteiger partial charge in [0.25, 0.3) is 0 Å². The smallest absolute Gasteiger partial charge is 0.158 e. The molecule has 0 radical (unpaired) electrons. The highest BCUT2D eigenvalue weighted by molar-refractivity contribution is 6.88. The molecule has 24 heavy (non-hydrogen) atoms. The van der Waals surface area contributed by atoms with Crippen molar-refractivity contribution >= 4 is 13.4 Å². The maximum atomic E-state index is 11.0. The predicted molar refractivity (Wildman–Crippen MR) is 108 cm³/mol. The third kappa shape index (κ3) is 4.23. The van der Waals surface area contributed by atoms with Gasteiger partial charge in [-0.3, -0.25) is 0 Å². The van der Waals surface area contributed by atoms with E-state index in [2.05, 4.69) is 63.7 Å². The second kappa shape index (κ2) is 7.61. The molecule has 1 aliphatic rings. The summed E-state index contributed by atoms with van der Waals surface area (Å²) in [5.74, 6) is 0.541. The average molecular weight is 348 g/mol. The van der Waals surface area contributed by atoms with Gasteiger partial charge in [-0.25, -0.2) is 0 Å². The van der Waals surface area contributed by atoms with Gasteiger partial charge in [0, 0.05) is 6.04 Å². The van der Waals surface area contributed by atoms with E-state index >= 15 is 0 Å². The van der Waals surface area contributed by atoms with E-state index in [0.29, 0.717) is 11.8 Å². The van der Waals surface area contributed by atoms with Crippen molar-refractivity contribution in [2.45, 2.75) is 90.3 Å². The van der Waals surface area contributed by atoms with Crippen molar-refractivity contribution in [3.05, 3.63) is 23.8 Å². The molecule has 1 aliphatic carbocycles. The van der Waals surface area contributed by atoms with Crippen molar-refractivity contribution < 1.29 is 5.11 Å². The molecule has 1 aromatic carbocycles. The third-order valence-corrected chi connectivity index (χ3v) is 9.86. The van der Waals surface area contributed by atoms with Crippen LogP contribution in [-0.4, -0.2) is 31.0 Å². The predicted octanol–water partition coefficient (Wildman–Crippen LogP) is 5.15. The zero-order valence-electron chi connectivity index (χ0n) is 16.7. The zero-order chi connectivity index (χ0) is 18.0. The fourth-order valence-electron chi connectivity index (χ4n) is 4.11. The van der Waals surface area contributed by atoms with E-state index in [1.165, 1.54) is 50.1 Å². The van der Waals surface area contributed by atoms with Crippen molar-refractivity contribution in [2.24, 2.45) is 0 Å².